The van der Waals surface area contributed by atoms with Gasteiger partial charge < -0.3 is 4.90 Å². The van der Waals surface area contributed by atoms with Gasteiger partial charge in [0.1, 0.15) is 5.82 Å². The van der Waals surface area contributed by atoms with Gasteiger partial charge in [0.15, 0.2) is 5.69 Å². The second-order valence-electron chi connectivity index (χ2n) is 6.65. The maximum absolute atomic E-state index is 13.3. The Morgan fingerprint density at radius 2 is 1.85 bits per heavy atom. The molecular formula is C20H19FN4O2. The lowest BCUT2D eigenvalue weighted by Gasteiger charge is -2.34. The molecule has 1 saturated heterocycles. The summed E-state index contributed by atoms with van der Waals surface area (Å²) in [6, 6.07) is 13.5. The first-order valence-corrected chi connectivity index (χ1v) is 8.85. The number of carbonyl (C=O) groups excluding carboxylic acids is 1. The molecule has 1 amide bonds. The van der Waals surface area contributed by atoms with Crippen molar-refractivity contribution in [2.75, 3.05) is 26.2 Å². The molecule has 6 nitrogen and oxygen atoms in total. The zero-order chi connectivity index (χ0) is 18.8. The molecular weight excluding hydrogens is 347 g/mol. The summed E-state index contributed by atoms with van der Waals surface area (Å²) < 4.78 is 13.3. The molecule has 0 unspecified atom stereocenters. The van der Waals surface area contributed by atoms with Gasteiger partial charge in [0, 0.05) is 38.1 Å². The molecule has 138 valence electrons. The lowest BCUT2D eigenvalue weighted by molar-refractivity contribution is 0.0620. The Labute approximate surface area is 155 Å². The van der Waals surface area contributed by atoms with Crippen molar-refractivity contribution in [2.24, 2.45) is 0 Å². The third-order valence-corrected chi connectivity index (χ3v) is 4.83. The summed E-state index contributed by atoms with van der Waals surface area (Å²) >= 11 is 0. The van der Waals surface area contributed by atoms with E-state index in [0.717, 1.165) is 5.56 Å². The van der Waals surface area contributed by atoms with Gasteiger partial charge in [0.05, 0.1) is 5.52 Å². The highest BCUT2D eigenvalue weighted by molar-refractivity contribution is 5.95. The minimum atomic E-state index is -0.354. The molecule has 27 heavy (non-hydrogen) atoms. The van der Waals surface area contributed by atoms with Crippen molar-refractivity contribution < 1.29 is 9.18 Å². The zero-order valence-corrected chi connectivity index (χ0v) is 14.7. The van der Waals surface area contributed by atoms with Crippen LogP contribution in [-0.2, 0) is 6.54 Å². The van der Waals surface area contributed by atoms with Gasteiger partial charge in [-0.25, -0.2) is 4.39 Å². The molecule has 0 atom stereocenters. The normalized spacial score (nSPS) is 15.2. The van der Waals surface area contributed by atoms with Crippen LogP contribution in [0.3, 0.4) is 0 Å². The summed E-state index contributed by atoms with van der Waals surface area (Å²) in [7, 11) is 0. The Morgan fingerprint density at radius 1 is 1.07 bits per heavy atom. The molecule has 1 aliphatic heterocycles. The molecule has 1 aromatic heterocycles. The van der Waals surface area contributed by atoms with E-state index in [1.54, 1.807) is 35.2 Å². The maximum atomic E-state index is 13.3. The van der Waals surface area contributed by atoms with Crippen molar-refractivity contribution in [3.05, 3.63) is 75.8 Å². The van der Waals surface area contributed by atoms with Gasteiger partial charge in [-0.1, -0.05) is 24.3 Å². The highest BCUT2D eigenvalue weighted by atomic mass is 19.1. The molecule has 1 aliphatic rings. The van der Waals surface area contributed by atoms with Crippen molar-refractivity contribution >= 4 is 16.8 Å². The third kappa shape index (κ3) is 3.59. The molecule has 4 rings (SSSR count). The summed E-state index contributed by atoms with van der Waals surface area (Å²) in [4.78, 5) is 29.1. The SMILES string of the molecule is O=C(c1n[nH]c2ccccc2c1=O)N1CCN(Cc2cccc(F)c2)CC1. The summed E-state index contributed by atoms with van der Waals surface area (Å²) in [5.41, 5.74) is 1.09. The first-order valence-electron chi connectivity index (χ1n) is 8.85. The van der Waals surface area contributed by atoms with E-state index in [0.29, 0.717) is 43.6 Å². The molecule has 2 heterocycles. The number of nitrogens with one attached hydrogen (secondary N) is 1. The van der Waals surface area contributed by atoms with Crippen molar-refractivity contribution in [3.8, 4) is 0 Å². The lowest BCUT2D eigenvalue weighted by Crippen LogP contribution is -2.49. The van der Waals surface area contributed by atoms with E-state index in [2.05, 4.69) is 15.1 Å². The Morgan fingerprint density at radius 3 is 2.63 bits per heavy atom. The van der Waals surface area contributed by atoms with Crippen LogP contribution in [-0.4, -0.2) is 52.1 Å². The number of aromatic nitrogens is 2. The number of fused-ring (bicyclic) bond motifs is 1. The molecule has 0 bridgehead atoms. The molecule has 0 radical (unpaired) electrons. The highest BCUT2D eigenvalue weighted by Crippen LogP contribution is 2.12. The minimum Gasteiger partial charge on any atom is -0.335 e. The van der Waals surface area contributed by atoms with Crippen LogP contribution in [0.15, 0.2) is 53.3 Å². The third-order valence-electron chi connectivity index (χ3n) is 4.83. The van der Waals surface area contributed by atoms with Crippen LogP contribution >= 0.6 is 0 Å². The number of amides is 1. The summed E-state index contributed by atoms with van der Waals surface area (Å²) in [6.45, 7) is 2.96. The largest absolute Gasteiger partial charge is 0.335 e. The van der Waals surface area contributed by atoms with E-state index in [4.69, 9.17) is 0 Å². The Balaban J connectivity index is 1.44. The van der Waals surface area contributed by atoms with Crippen molar-refractivity contribution in [1.82, 2.24) is 20.0 Å². The van der Waals surface area contributed by atoms with E-state index < -0.39 is 0 Å². The van der Waals surface area contributed by atoms with Crippen LogP contribution in [0.5, 0.6) is 0 Å². The molecule has 0 aliphatic carbocycles. The van der Waals surface area contributed by atoms with Crippen LogP contribution in [0.25, 0.3) is 10.9 Å². The standard InChI is InChI=1S/C20H19FN4O2/c21-15-5-3-4-14(12-15)13-24-8-10-25(11-9-24)20(27)18-19(26)16-6-1-2-7-17(16)22-23-18/h1-7,12H,8-11,13H2,(H,22,26). The molecule has 2 aromatic carbocycles. The summed E-state index contributed by atoms with van der Waals surface area (Å²) in [5, 5.41) is 7.24. The number of hydrogen-bond acceptors (Lipinski definition) is 4. The maximum Gasteiger partial charge on any atom is 0.278 e. The van der Waals surface area contributed by atoms with Crippen molar-refractivity contribution in [2.45, 2.75) is 6.54 Å². The van der Waals surface area contributed by atoms with Gasteiger partial charge in [-0.3, -0.25) is 19.6 Å². The average molecular weight is 366 g/mol. The number of piperazine rings is 1. The fourth-order valence-corrected chi connectivity index (χ4v) is 3.37. The van der Waals surface area contributed by atoms with Crippen LogP contribution in [0.4, 0.5) is 4.39 Å². The van der Waals surface area contributed by atoms with E-state index >= 15 is 0 Å². The Hall–Kier alpha value is -3.06. The number of halogens is 1. The van der Waals surface area contributed by atoms with Crippen LogP contribution in [0.2, 0.25) is 0 Å². The minimum absolute atomic E-state index is 0.0766. The second kappa shape index (κ2) is 7.28. The second-order valence-corrected chi connectivity index (χ2v) is 6.65. The molecule has 3 aromatic rings. The van der Waals surface area contributed by atoms with E-state index in [-0.39, 0.29) is 22.8 Å². The topological polar surface area (TPSA) is 69.3 Å². The highest BCUT2D eigenvalue weighted by Gasteiger charge is 2.25. The van der Waals surface area contributed by atoms with Gasteiger partial charge in [-0.2, -0.15) is 5.10 Å². The van der Waals surface area contributed by atoms with Gasteiger partial charge in [-0.15, -0.1) is 0 Å². The number of hydrogen-bond donors (Lipinski definition) is 1. The van der Waals surface area contributed by atoms with E-state index in [1.807, 2.05) is 6.07 Å². The molecule has 0 spiro atoms. The Bertz CT molecular complexity index is 1040. The van der Waals surface area contributed by atoms with Gasteiger partial charge in [0.2, 0.25) is 5.43 Å². The fourth-order valence-electron chi connectivity index (χ4n) is 3.37. The number of rotatable bonds is 3. The smallest absolute Gasteiger partial charge is 0.278 e. The first-order chi connectivity index (χ1) is 13.1. The predicted molar refractivity (Wildman–Crippen MR) is 99.9 cm³/mol. The van der Waals surface area contributed by atoms with E-state index in [9.17, 15) is 14.0 Å². The number of para-hydroxylation sites is 1. The number of H-pyrrole nitrogens is 1. The van der Waals surface area contributed by atoms with Crippen LogP contribution in [0.1, 0.15) is 16.1 Å². The van der Waals surface area contributed by atoms with Crippen molar-refractivity contribution in [3.63, 3.8) is 0 Å². The average Bonchev–Trinajstić information content (AvgIpc) is 2.69. The molecule has 1 fully saturated rings. The first kappa shape index (κ1) is 17.4. The summed E-state index contributed by atoms with van der Waals surface area (Å²) in [6.07, 6.45) is 0. The monoisotopic (exact) mass is 366 g/mol. The van der Waals surface area contributed by atoms with Crippen LogP contribution in [0, 0.1) is 5.82 Å². The number of aromatic amines is 1. The molecule has 1 N–H and O–H groups in total. The van der Waals surface area contributed by atoms with Gasteiger partial charge >= 0.3 is 0 Å². The van der Waals surface area contributed by atoms with E-state index in [1.165, 1.54) is 12.1 Å². The van der Waals surface area contributed by atoms with Crippen LogP contribution < -0.4 is 5.43 Å². The van der Waals surface area contributed by atoms with Crippen molar-refractivity contribution in [1.29, 1.82) is 0 Å². The van der Waals surface area contributed by atoms with Gasteiger partial charge in [0.25, 0.3) is 5.91 Å². The number of benzene rings is 2. The quantitative estimate of drug-likeness (QED) is 0.770. The summed E-state index contributed by atoms with van der Waals surface area (Å²) in [5.74, 6) is -0.602. The predicted octanol–water partition coefficient (Wildman–Crippen LogP) is 2.02. The number of carbonyl (C=O) groups is 1. The van der Waals surface area contributed by atoms with Gasteiger partial charge in [-0.05, 0) is 29.8 Å². The molecule has 7 heteroatoms. The fraction of sp³-hybridized carbons (Fsp3) is 0.250. The Kier molecular flexibility index (Phi) is 4.68. The molecule has 0 saturated carbocycles. The lowest BCUT2D eigenvalue weighted by atomic mass is 10.1. The number of nitrogens with zero attached hydrogens (tertiary/aromatic N) is 3. The zero-order valence-electron chi connectivity index (χ0n) is 14.7.